The summed E-state index contributed by atoms with van der Waals surface area (Å²) in [5.41, 5.74) is 1.39. The minimum absolute atomic E-state index is 0.0462. The van der Waals surface area contributed by atoms with Crippen molar-refractivity contribution in [3.8, 4) is 11.8 Å². The summed E-state index contributed by atoms with van der Waals surface area (Å²) in [5, 5.41) is 9.18. The summed E-state index contributed by atoms with van der Waals surface area (Å²) >= 11 is 0. The minimum Gasteiger partial charge on any atom is -0.404 e. The average Bonchev–Trinajstić information content (AvgIpc) is 3.14. The van der Waals surface area contributed by atoms with Gasteiger partial charge in [-0.05, 0) is 90.5 Å². The van der Waals surface area contributed by atoms with E-state index >= 15 is 8.78 Å². The van der Waals surface area contributed by atoms with Crippen LogP contribution in [0.25, 0.3) is 11.6 Å². The molecule has 2 aliphatic carbocycles. The first-order valence-corrected chi connectivity index (χ1v) is 11.2. The van der Waals surface area contributed by atoms with Gasteiger partial charge in [0.05, 0.1) is 5.56 Å². The number of fused-ring (bicyclic) bond motifs is 1. The van der Waals surface area contributed by atoms with Gasteiger partial charge in [-0.2, -0.15) is 5.26 Å². The Morgan fingerprint density at radius 1 is 1.03 bits per heavy atom. The summed E-state index contributed by atoms with van der Waals surface area (Å²) < 4.78 is 72.1. The molecule has 7 heteroatoms. The van der Waals surface area contributed by atoms with Gasteiger partial charge < -0.3 is 4.74 Å². The van der Waals surface area contributed by atoms with Crippen molar-refractivity contribution in [2.45, 2.75) is 64.1 Å². The molecule has 2 aliphatic rings. The summed E-state index contributed by atoms with van der Waals surface area (Å²) in [7, 11) is 0. The quantitative estimate of drug-likeness (QED) is 0.424. The van der Waals surface area contributed by atoms with Crippen molar-refractivity contribution < 1.29 is 26.7 Å². The van der Waals surface area contributed by atoms with Crippen molar-refractivity contribution in [1.29, 1.82) is 5.26 Å². The Bertz CT molecular complexity index is 1100. The summed E-state index contributed by atoms with van der Waals surface area (Å²) in [6.45, 7) is 2.16. The third-order valence-corrected chi connectivity index (χ3v) is 6.70. The SMILES string of the molecule is CCCC1CCC(c2cc(F)c(C3=Cc4cc(C#N)c(OC(F)(F)F)cc4C3)c(F)c2)CC1. The summed E-state index contributed by atoms with van der Waals surface area (Å²) in [5.74, 6) is -1.15. The second-order valence-electron chi connectivity index (χ2n) is 8.92. The highest BCUT2D eigenvalue weighted by Gasteiger charge is 2.33. The number of allylic oxidation sites excluding steroid dienone is 1. The molecule has 0 saturated heterocycles. The van der Waals surface area contributed by atoms with Crippen molar-refractivity contribution in [2.75, 3.05) is 0 Å². The molecule has 0 spiro atoms. The van der Waals surface area contributed by atoms with E-state index < -0.39 is 23.7 Å². The number of rotatable bonds is 5. The van der Waals surface area contributed by atoms with E-state index in [1.165, 1.54) is 30.7 Å². The Balaban J connectivity index is 1.57. The van der Waals surface area contributed by atoms with Crippen molar-refractivity contribution in [3.63, 3.8) is 0 Å². The summed E-state index contributed by atoms with van der Waals surface area (Å²) in [6, 6.07) is 6.83. The molecule has 2 nitrogen and oxygen atoms in total. The van der Waals surface area contributed by atoms with Crippen LogP contribution < -0.4 is 4.74 Å². The zero-order valence-electron chi connectivity index (χ0n) is 18.2. The Hall–Kier alpha value is -2.88. The lowest BCUT2D eigenvalue weighted by Gasteiger charge is -2.29. The molecule has 0 bridgehead atoms. The van der Waals surface area contributed by atoms with Gasteiger partial charge in [0.25, 0.3) is 0 Å². The number of alkyl halides is 3. The lowest BCUT2D eigenvalue weighted by atomic mass is 9.77. The number of hydrogen-bond acceptors (Lipinski definition) is 2. The Morgan fingerprint density at radius 3 is 2.27 bits per heavy atom. The third kappa shape index (κ3) is 5.05. The number of nitriles is 1. The van der Waals surface area contributed by atoms with Crippen LogP contribution in [0.4, 0.5) is 22.0 Å². The van der Waals surface area contributed by atoms with Gasteiger partial charge in [-0.25, -0.2) is 8.78 Å². The van der Waals surface area contributed by atoms with E-state index in [0.717, 1.165) is 38.2 Å². The molecule has 174 valence electrons. The smallest absolute Gasteiger partial charge is 0.404 e. The lowest BCUT2D eigenvalue weighted by molar-refractivity contribution is -0.274. The Morgan fingerprint density at radius 2 is 1.70 bits per heavy atom. The van der Waals surface area contributed by atoms with Crippen molar-refractivity contribution in [2.24, 2.45) is 5.92 Å². The predicted molar refractivity (Wildman–Crippen MR) is 115 cm³/mol. The van der Waals surface area contributed by atoms with Gasteiger partial charge in [-0.3, -0.25) is 0 Å². The van der Waals surface area contributed by atoms with Crippen molar-refractivity contribution in [1.82, 2.24) is 0 Å². The van der Waals surface area contributed by atoms with E-state index in [2.05, 4.69) is 11.7 Å². The predicted octanol–water partition coefficient (Wildman–Crippen LogP) is 7.91. The zero-order chi connectivity index (χ0) is 23.8. The first-order valence-electron chi connectivity index (χ1n) is 11.2. The van der Waals surface area contributed by atoms with E-state index in [9.17, 15) is 18.4 Å². The van der Waals surface area contributed by atoms with Crippen molar-refractivity contribution >= 4 is 11.6 Å². The molecule has 1 fully saturated rings. The highest BCUT2D eigenvalue weighted by atomic mass is 19.4. The molecule has 0 aromatic heterocycles. The summed E-state index contributed by atoms with van der Waals surface area (Å²) in [6.07, 6.45) is 2.90. The number of hydrogen-bond donors (Lipinski definition) is 0. The standard InChI is InChI=1S/C26H24F5NO/c1-2-3-15-4-6-16(7-5-15)19-11-22(27)25(23(28)12-19)20-8-17-10-21(14-32)24(13-18(17)9-20)33-26(29,30)31/h8,10-13,15-16H,2-7,9H2,1H3. The largest absolute Gasteiger partial charge is 0.573 e. The lowest BCUT2D eigenvalue weighted by Crippen LogP contribution is -2.18. The molecule has 0 N–H and O–H groups in total. The monoisotopic (exact) mass is 461 g/mol. The molecule has 0 heterocycles. The molecule has 33 heavy (non-hydrogen) atoms. The number of nitrogens with zero attached hydrogens (tertiary/aromatic N) is 1. The fourth-order valence-electron chi connectivity index (χ4n) is 5.15. The highest BCUT2D eigenvalue weighted by Crippen LogP contribution is 2.41. The fraction of sp³-hybridized carbons (Fsp3) is 0.423. The van der Waals surface area contributed by atoms with E-state index in [4.69, 9.17) is 0 Å². The molecule has 0 aliphatic heterocycles. The number of halogens is 5. The highest BCUT2D eigenvalue weighted by molar-refractivity contribution is 5.89. The van der Waals surface area contributed by atoms with Crippen LogP contribution in [0.1, 0.15) is 79.2 Å². The topological polar surface area (TPSA) is 33.0 Å². The Kier molecular flexibility index (Phi) is 6.47. The van der Waals surface area contributed by atoms with E-state index in [1.807, 2.05) is 0 Å². The average molecular weight is 461 g/mol. The van der Waals surface area contributed by atoms with Crippen molar-refractivity contribution in [3.05, 3.63) is 63.7 Å². The van der Waals surface area contributed by atoms with Gasteiger partial charge >= 0.3 is 6.36 Å². The first kappa shape index (κ1) is 23.3. The molecular formula is C26H24F5NO. The van der Waals surface area contributed by atoms with Crippen LogP contribution in [0.2, 0.25) is 0 Å². The van der Waals surface area contributed by atoms with E-state index in [-0.39, 0.29) is 23.5 Å². The first-order chi connectivity index (χ1) is 15.7. The second kappa shape index (κ2) is 9.17. The van der Waals surface area contributed by atoms with Gasteiger partial charge in [0.15, 0.2) is 0 Å². The maximum absolute atomic E-state index is 15.1. The second-order valence-corrected chi connectivity index (χ2v) is 8.92. The molecule has 2 aromatic carbocycles. The molecule has 2 aromatic rings. The molecule has 4 rings (SSSR count). The van der Waals surface area contributed by atoms with Gasteiger partial charge in [0, 0.05) is 5.56 Å². The fourth-order valence-corrected chi connectivity index (χ4v) is 5.15. The molecule has 1 saturated carbocycles. The maximum atomic E-state index is 15.1. The van der Waals surface area contributed by atoms with Crippen LogP contribution in [0.15, 0.2) is 24.3 Å². The molecular weight excluding hydrogens is 437 g/mol. The van der Waals surface area contributed by atoms with Gasteiger partial charge in [0.2, 0.25) is 0 Å². The van der Waals surface area contributed by atoms with Gasteiger partial charge in [-0.1, -0.05) is 25.8 Å². The molecule has 0 unspecified atom stereocenters. The van der Waals surface area contributed by atoms with E-state index in [1.54, 1.807) is 6.07 Å². The van der Waals surface area contributed by atoms with Crippen LogP contribution in [0, 0.1) is 28.9 Å². The van der Waals surface area contributed by atoms with Crippen LogP contribution in [-0.4, -0.2) is 6.36 Å². The van der Waals surface area contributed by atoms with Gasteiger partial charge in [0.1, 0.15) is 23.5 Å². The number of ether oxygens (including phenoxy) is 1. The maximum Gasteiger partial charge on any atom is 0.573 e. The minimum atomic E-state index is -4.95. The van der Waals surface area contributed by atoms with E-state index in [0.29, 0.717) is 28.2 Å². The van der Waals surface area contributed by atoms with Gasteiger partial charge in [-0.15, -0.1) is 13.2 Å². The molecule has 0 amide bonds. The third-order valence-electron chi connectivity index (χ3n) is 6.70. The van der Waals surface area contributed by atoms with Crippen LogP contribution >= 0.6 is 0 Å². The zero-order valence-corrected chi connectivity index (χ0v) is 18.2. The molecule has 0 atom stereocenters. The Labute approximate surface area is 189 Å². The van der Waals surface area contributed by atoms with Crippen LogP contribution in [-0.2, 0) is 6.42 Å². The summed E-state index contributed by atoms with van der Waals surface area (Å²) in [4.78, 5) is 0. The normalized spacial score (nSPS) is 20.2. The van der Waals surface area contributed by atoms with Crippen LogP contribution in [0.3, 0.4) is 0 Å². The molecule has 0 radical (unpaired) electrons. The van der Waals surface area contributed by atoms with Crippen LogP contribution in [0.5, 0.6) is 5.75 Å². The number of benzene rings is 2.